The molecule has 1 heterocycles. The van der Waals surface area contributed by atoms with Gasteiger partial charge in [-0.2, -0.15) is 0 Å². The van der Waals surface area contributed by atoms with Crippen LogP contribution in [0.5, 0.6) is 0 Å². The fraction of sp³-hybridized carbons (Fsp3) is 0.412. The van der Waals surface area contributed by atoms with Gasteiger partial charge in [0.2, 0.25) is 5.91 Å². The molecular weight excluding hydrogens is 347 g/mol. The summed E-state index contributed by atoms with van der Waals surface area (Å²) in [4.78, 5) is 16.3. The average Bonchev–Trinajstić information content (AvgIpc) is 3.00. The minimum absolute atomic E-state index is 0. The van der Waals surface area contributed by atoms with Crippen molar-refractivity contribution in [1.82, 2.24) is 9.55 Å². The first-order valence-corrected chi connectivity index (χ1v) is 7.83. The number of imidazole rings is 1. The summed E-state index contributed by atoms with van der Waals surface area (Å²) in [7, 11) is 0. The van der Waals surface area contributed by atoms with Crippen LogP contribution in [0.3, 0.4) is 0 Å². The van der Waals surface area contributed by atoms with E-state index in [-0.39, 0.29) is 30.7 Å². The Labute approximate surface area is 155 Å². The quantitative estimate of drug-likeness (QED) is 0.774. The highest BCUT2D eigenvalue weighted by atomic mass is 35.5. The van der Waals surface area contributed by atoms with Gasteiger partial charge in [-0.05, 0) is 25.0 Å². The molecule has 24 heavy (non-hydrogen) atoms. The van der Waals surface area contributed by atoms with Gasteiger partial charge < -0.3 is 15.6 Å². The van der Waals surface area contributed by atoms with Crippen LogP contribution in [0.4, 0.5) is 5.69 Å². The van der Waals surface area contributed by atoms with Crippen molar-refractivity contribution in [3.63, 3.8) is 0 Å². The molecule has 5 nitrogen and oxygen atoms in total. The van der Waals surface area contributed by atoms with Gasteiger partial charge in [-0.25, -0.2) is 4.98 Å². The van der Waals surface area contributed by atoms with E-state index in [4.69, 9.17) is 5.73 Å². The van der Waals surface area contributed by atoms with Crippen molar-refractivity contribution in [1.29, 1.82) is 0 Å². The number of aryl methyl sites for hydroxylation is 1. The van der Waals surface area contributed by atoms with E-state index in [1.165, 1.54) is 0 Å². The number of anilines is 1. The molecule has 0 saturated heterocycles. The van der Waals surface area contributed by atoms with E-state index in [2.05, 4.69) is 21.8 Å². The minimum Gasteiger partial charge on any atom is -0.331 e. The van der Waals surface area contributed by atoms with Crippen molar-refractivity contribution in [2.45, 2.75) is 45.7 Å². The Morgan fingerprint density at radius 3 is 2.75 bits per heavy atom. The molecule has 0 aliphatic carbocycles. The highest BCUT2D eigenvalue weighted by molar-refractivity contribution is 5.95. The van der Waals surface area contributed by atoms with E-state index in [1.807, 2.05) is 43.6 Å². The number of rotatable bonds is 7. The number of amides is 1. The maximum absolute atomic E-state index is 11.9. The molecule has 1 amide bonds. The molecule has 1 aromatic heterocycles. The summed E-state index contributed by atoms with van der Waals surface area (Å²) < 4.78 is 2.14. The Morgan fingerprint density at radius 1 is 1.33 bits per heavy atom. The lowest BCUT2D eigenvalue weighted by Gasteiger charge is -2.12. The van der Waals surface area contributed by atoms with E-state index in [9.17, 15) is 4.79 Å². The molecule has 1 atom stereocenters. The van der Waals surface area contributed by atoms with Crippen LogP contribution in [0.15, 0.2) is 36.7 Å². The number of nitrogens with two attached hydrogens (primary N) is 1. The molecule has 0 bridgehead atoms. The smallest absolute Gasteiger partial charge is 0.241 e. The van der Waals surface area contributed by atoms with Crippen LogP contribution in [0.2, 0.25) is 0 Å². The van der Waals surface area contributed by atoms with Gasteiger partial charge in [0, 0.05) is 30.2 Å². The molecule has 0 fully saturated rings. The first-order valence-electron chi connectivity index (χ1n) is 7.83. The molecule has 1 aromatic carbocycles. The van der Waals surface area contributed by atoms with Crippen LogP contribution < -0.4 is 11.1 Å². The first-order chi connectivity index (χ1) is 10.7. The molecule has 0 spiro atoms. The number of nitrogens with zero attached hydrogens (tertiary/aromatic N) is 2. The highest BCUT2D eigenvalue weighted by Gasteiger charge is 2.12. The molecule has 0 unspecified atom stereocenters. The highest BCUT2D eigenvalue weighted by Crippen LogP contribution is 2.22. The predicted octanol–water partition coefficient (Wildman–Crippen LogP) is 3.87. The van der Waals surface area contributed by atoms with Gasteiger partial charge in [-0.1, -0.05) is 32.4 Å². The zero-order valence-corrected chi connectivity index (χ0v) is 15.7. The first kappa shape index (κ1) is 22.4. The van der Waals surface area contributed by atoms with Crippen molar-refractivity contribution >= 4 is 36.4 Å². The molecule has 134 valence electrons. The lowest BCUT2D eigenvalue weighted by Crippen LogP contribution is -2.34. The third kappa shape index (κ3) is 5.82. The third-order valence-electron chi connectivity index (χ3n) is 3.63. The Morgan fingerprint density at radius 2 is 2.08 bits per heavy atom. The Bertz CT molecular complexity index is 631. The summed E-state index contributed by atoms with van der Waals surface area (Å²) in [6.07, 6.45) is 6.67. The zero-order valence-electron chi connectivity index (χ0n) is 14.1. The topological polar surface area (TPSA) is 72.9 Å². The van der Waals surface area contributed by atoms with Gasteiger partial charge in [0.1, 0.15) is 5.82 Å². The van der Waals surface area contributed by atoms with Crippen LogP contribution in [0.1, 0.15) is 33.1 Å². The number of benzene rings is 1. The second-order valence-corrected chi connectivity index (χ2v) is 5.38. The lowest BCUT2D eigenvalue weighted by molar-refractivity contribution is -0.117. The van der Waals surface area contributed by atoms with Crippen LogP contribution in [0.25, 0.3) is 11.4 Å². The predicted molar refractivity (Wildman–Crippen MR) is 104 cm³/mol. The Balaban J connectivity index is 0.00000264. The van der Waals surface area contributed by atoms with Gasteiger partial charge in [-0.15, -0.1) is 24.8 Å². The molecule has 0 radical (unpaired) electrons. The third-order valence-corrected chi connectivity index (χ3v) is 3.63. The SMILES string of the molecule is CCCCn1ccnc1-c1cccc(NC(=O)[C@@H](N)CC)c1.Cl.Cl. The van der Waals surface area contributed by atoms with Gasteiger partial charge in [0.15, 0.2) is 0 Å². The Hall–Kier alpha value is -1.56. The van der Waals surface area contributed by atoms with E-state index >= 15 is 0 Å². The second-order valence-electron chi connectivity index (χ2n) is 5.38. The van der Waals surface area contributed by atoms with Gasteiger partial charge in [-0.3, -0.25) is 4.79 Å². The summed E-state index contributed by atoms with van der Waals surface area (Å²) in [5, 5.41) is 2.86. The van der Waals surface area contributed by atoms with Gasteiger partial charge in [0.05, 0.1) is 6.04 Å². The number of aromatic nitrogens is 2. The lowest BCUT2D eigenvalue weighted by atomic mass is 10.1. The molecule has 2 rings (SSSR count). The fourth-order valence-electron chi connectivity index (χ4n) is 2.23. The maximum Gasteiger partial charge on any atom is 0.241 e. The molecule has 0 aliphatic heterocycles. The summed E-state index contributed by atoms with van der Waals surface area (Å²) in [6, 6.07) is 7.24. The van der Waals surface area contributed by atoms with Crippen molar-refractivity contribution in [3.05, 3.63) is 36.7 Å². The number of carbonyl (C=O) groups is 1. The summed E-state index contributed by atoms with van der Waals surface area (Å²) in [5.41, 5.74) is 7.48. The number of hydrogen-bond donors (Lipinski definition) is 2. The molecule has 0 saturated carbocycles. The normalized spacial score (nSPS) is 11.1. The number of unbranched alkanes of at least 4 members (excludes halogenated alkanes) is 1. The van der Waals surface area contributed by atoms with Crippen molar-refractivity contribution in [2.24, 2.45) is 5.73 Å². The number of carbonyl (C=O) groups excluding carboxylic acids is 1. The molecule has 3 N–H and O–H groups in total. The molecule has 2 aromatic rings. The van der Waals surface area contributed by atoms with Crippen LogP contribution in [-0.2, 0) is 11.3 Å². The standard InChI is InChI=1S/C17H24N4O.2ClH/c1-3-5-10-21-11-9-19-16(21)13-7-6-8-14(12-13)20-17(22)15(18)4-2;;/h6-9,11-12,15H,3-5,10,18H2,1-2H3,(H,20,22);2*1H/t15-;;/m0../s1. The molecule has 0 aliphatic rings. The monoisotopic (exact) mass is 372 g/mol. The molecule has 7 heteroatoms. The zero-order chi connectivity index (χ0) is 15.9. The van der Waals surface area contributed by atoms with Gasteiger partial charge >= 0.3 is 0 Å². The van der Waals surface area contributed by atoms with Crippen molar-refractivity contribution < 1.29 is 4.79 Å². The van der Waals surface area contributed by atoms with Crippen LogP contribution in [0, 0.1) is 0 Å². The van der Waals surface area contributed by atoms with E-state index in [0.29, 0.717) is 6.42 Å². The summed E-state index contributed by atoms with van der Waals surface area (Å²) in [6.45, 7) is 5.01. The van der Waals surface area contributed by atoms with Gasteiger partial charge in [0.25, 0.3) is 0 Å². The number of nitrogens with one attached hydrogen (secondary N) is 1. The van der Waals surface area contributed by atoms with E-state index in [0.717, 1.165) is 36.5 Å². The average molecular weight is 373 g/mol. The number of halogens is 2. The van der Waals surface area contributed by atoms with Crippen molar-refractivity contribution in [3.8, 4) is 11.4 Å². The van der Waals surface area contributed by atoms with E-state index in [1.54, 1.807) is 0 Å². The molecular formula is C17H26Cl2N4O. The minimum atomic E-state index is -0.477. The largest absolute Gasteiger partial charge is 0.331 e. The van der Waals surface area contributed by atoms with Crippen molar-refractivity contribution in [2.75, 3.05) is 5.32 Å². The van der Waals surface area contributed by atoms with E-state index < -0.39 is 6.04 Å². The summed E-state index contributed by atoms with van der Waals surface area (Å²) >= 11 is 0. The van der Waals surface area contributed by atoms with Crippen LogP contribution >= 0.6 is 24.8 Å². The fourth-order valence-corrected chi connectivity index (χ4v) is 2.23. The number of hydrogen-bond acceptors (Lipinski definition) is 3. The maximum atomic E-state index is 11.9. The van der Waals surface area contributed by atoms with Crippen LogP contribution in [-0.4, -0.2) is 21.5 Å². The second kappa shape index (κ2) is 11.1. The summed E-state index contributed by atoms with van der Waals surface area (Å²) in [5.74, 6) is 0.762. The Kier molecular flexibility index (Phi) is 10.4.